The molecular formula is C58H38N4. The quantitative estimate of drug-likeness (QED) is 0.161. The summed E-state index contributed by atoms with van der Waals surface area (Å²) in [5, 5.41) is 4.92. The third-order valence-corrected chi connectivity index (χ3v) is 12.1. The van der Waals surface area contributed by atoms with Crippen LogP contribution in [-0.4, -0.2) is 19.1 Å². The number of rotatable bonds is 7. The molecule has 0 atom stereocenters. The zero-order chi connectivity index (χ0) is 41.0. The second-order valence-electron chi connectivity index (χ2n) is 15.8. The van der Waals surface area contributed by atoms with Crippen molar-refractivity contribution in [3.63, 3.8) is 0 Å². The Morgan fingerprint density at radius 3 is 1.19 bits per heavy atom. The molecule has 0 unspecified atom stereocenters. The van der Waals surface area contributed by atoms with Crippen molar-refractivity contribution in [3.05, 3.63) is 231 Å². The van der Waals surface area contributed by atoms with Gasteiger partial charge in [0.15, 0.2) is 5.82 Å². The van der Waals surface area contributed by atoms with Gasteiger partial charge in [0.1, 0.15) is 0 Å². The van der Waals surface area contributed by atoms with Gasteiger partial charge in [-0.1, -0.05) is 176 Å². The molecule has 62 heavy (non-hydrogen) atoms. The maximum atomic E-state index is 5.26. The Bertz CT molecular complexity index is 3600. The number of aromatic nitrogens is 4. The van der Waals surface area contributed by atoms with E-state index in [1.807, 2.05) is 12.1 Å². The monoisotopic (exact) mass is 790 g/mol. The number of fused-ring (bicyclic) bond motifs is 7. The van der Waals surface area contributed by atoms with Gasteiger partial charge < -0.3 is 9.13 Å². The topological polar surface area (TPSA) is 35.6 Å². The summed E-state index contributed by atoms with van der Waals surface area (Å²) in [7, 11) is 0. The van der Waals surface area contributed by atoms with Crippen LogP contribution in [0, 0.1) is 0 Å². The highest BCUT2D eigenvalue weighted by molar-refractivity contribution is 6.29. The lowest BCUT2D eigenvalue weighted by Crippen LogP contribution is -1.98. The lowest BCUT2D eigenvalue weighted by atomic mass is 10.0. The summed E-state index contributed by atoms with van der Waals surface area (Å²) in [5.74, 6) is 0.680. The molecule has 0 bridgehead atoms. The van der Waals surface area contributed by atoms with E-state index in [1.54, 1.807) is 0 Å². The van der Waals surface area contributed by atoms with Gasteiger partial charge in [0, 0.05) is 49.6 Å². The molecule has 4 nitrogen and oxygen atoms in total. The average molecular weight is 791 g/mol. The van der Waals surface area contributed by atoms with Gasteiger partial charge in [-0.15, -0.1) is 0 Å². The van der Waals surface area contributed by atoms with Crippen LogP contribution in [0.5, 0.6) is 0 Å². The van der Waals surface area contributed by atoms with E-state index in [4.69, 9.17) is 9.97 Å². The Kier molecular flexibility index (Phi) is 8.46. The van der Waals surface area contributed by atoms with Crippen molar-refractivity contribution in [2.24, 2.45) is 0 Å². The van der Waals surface area contributed by atoms with Crippen LogP contribution in [-0.2, 0) is 0 Å². The van der Waals surface area contributed by atoms with Crippen LogP contribution in [0.25, 0.3) is 111 Å². The summed E-state index contributed by atoms with van der Waals surface area (Å²) < 4.78 is 4.83. The van der Waals surface area contributed by atoms with Crippen molar-refractivity contribution >= 4 is 43.6 Å². The first-order chi connectivity index (χ1) is 30.7. The molecule has 0 N–H and O–H groups in total. The lowest BCUT2D eigenvalue weighted by molar-refractivity contribution is 1.16. The van der Waals surface area contributed by atoms with Gasteiger partial charge in [-0.2, -0.15) is 0 Å². The Morgan fingerprint density at radius 1 is 0.258 bits per heavy atom. The zero-order valence-electron chi connectivity index (χ0n) is 33.7. The molecule has 0 aliphatic rings. The van der Waals surface area contributed by atoms with E-state index in [0.717, 1.165) is 50.5 Å². The van der Waals surface area contributed by atoms with Gasteiger partial charge in [0.05, 0.1) is 33.5 Å². The molecule has 12 rings (SSSR count). The molecule has 9 aromatic carbocycles. The van der Waals surface area contributed by atoms with Crippen molar-refractivity contribution in [2.75, 3.05) is 0 Å². The molecule has 4 heteroatoms. The van der Waals surface area contributed by atoms with Gasteiger partial charge in [-0.05, 0) is 76.9 Å². The molecular weight excluding hydrogens is 753 g/mol. The summed E-state index contributed by atoms with van der Waals surface area (Å²) in [6.07, 6.45) is 0. The number of benzene rings is 9. The number of hydrogen-bond donors (Lipinski definition) is 0. The average Bonchev–Trinajstić information content (AvgIpc) is 3.88. The first kappa shape index (κ1) is 35.6. The smallest absolute Gasteiger partial charge is 0.160 e. The zero-order valence-corrected chi connectivity index (χ0v) is 33.7. The fraction of sp³-hybridized carbons (Fsp3) is 0. The largest absolute Gasteiger partial charge is 0.309 e. The number of para-hydroxylation sites is 2. The molecule has 0 aliphatic carbocycles. The van der Waals surface area contributed by atoms with Crippen molar-refractivity contribution in [1.82, 2.24) is 19.1 Å². The highest BCUT2D eigenvalue weighted by atomic mass is 15.0. The molecule has 12 aromatic rings. The molecule has 290 valence electrons. The summed E-state index contributed by atoms with van der Waals surface area (Å²) in [4.78, 5) is 10.5. The maximum Gasteiger partial charge on any atom is 0.160 e. The molecule has 0 amide bonds. The van der Waals surface area contributed by atoms with E-state index >= 15 is 0 Å². The normalized spacial score (nSPS) is 11.5. The highest BCUT2D eigenvalue weighted by Gasteiger charge is 2.21. The molecule has 0 fully saturated rings. The summed E-state index contributed by atoms with van der Waals surface area (Å²) >= 11 is 0. The molecule has 0 saturated carbocycles. The van der Waals surface area contributed by atoms with E-state index in [0.29, 0.717) is 5.82 Å². The van der Waals surface area contributed by atoms with Crippen LogP contribution in [0.2, 0.25) is 0 Å². The van der Waals surface area contributed by atoms with Gasteiger partial charge in [-0.25, -0.2) is 9.97 Å². The van der Waals surface area contributed by atoms with Crippen LogP contribution in [0.3, 0.4) is 0 Å². The van der Waals surface area contributed by atoms with E-state index in [2.05, 4.69) is 228 Å². The highest BCUT2D eigenvalue weighted by Crippen LogP contribution is 2.43. The molecule has 0 saturated heterocycles. The standard InChI is InChI=1S/C58H38N4/c1-4-16-39(17-5-1)41-30-32-43(33-31-41)51-38-50(42-20-8-3-9-21-42)59-58(60-51)45-23-15-25-47(37-45)62-53-29-13-11-27-49(53)57-55(62)35-34-54-56(57)48-26-10-12-28-52(48)61(54)46-24-14-22-44(36-46)40-18-6-2-7-19-40/h1-38H. The van der Waals surface area contributed by atoms with Crippen molar-refractivity contribution in [1.29, 1.82) is 0 Å². The Hall–Kier alpha value is -8.34. The summed E-state index contributed by atoms with van der Waals surface area (Å²) in [5.41, 5.74) is 16.4. The third kappa shape index (κ3) is 6.00. The van der Waals surface area contributed by atoms with Crippen molar-refractivity contribution < 1.29 is 0 Å². The predicted octanol–water partition coefficient (Wildman–Crippen LogP) is 15.0. The van der Waals surface area contributed by atoms with E-state index < -0.39 is 0 Å². The van der Waals surface area contributed by atoms with Crippen LogP contribution < -0.4 is 0 Å². The second-order valence-corrected chi connectivity index (χ2v) is 15.8. The molecule has 0 aliphatic heterocycles. The minimum absolute atomic E-state index is 0.680. The van der Waals surface area contributed by atoms with Crippen LogP contribution in [0.15, 0.2) is 231 Å². The van der Waals surface area contributed by atoms with Crippen molar-refractivity contribution in [3.8, 4) is 67.5 Å². The Morgan fingerprint density at radius 2 is 0.645 bits per heavy atom. The van der Waals surface area contributed by atoms with Crippen molar-refractivity contribution in [2.45, 2.75) is 0 Å². The fourth-order valence-electron chi connectivity index (χ4n) is 9.26. The van der Waals surface area contributed by atoms with Crippen LogP contribution >= 0.6 is 0 Å². The molecule has 0 radical (unpaired) electrons. The Balaban J connectivity index is 1.03. The minimum Gasteiger partial charge on any atom is -0.309 e. The van der Waals surface area contributed by atoms with Gasteiger partial charge in [0.25, 0.3) is 0 Å². The third-order valence-electron chi connectivity index (χ3n) is 12.1. The first-order valence-electron chi connectivity index (χ1n) is 21.1. The van der Waals surface area contributed by atoms with Gasteiger partial charge in [-0.3, -0.25) is 0 Å². The molecule has 3 aromatic heterocycles. The van der Waals surface area contributed by atoms with E-state index in [9.17, 15) is 0 Å². The fourth-order valence-corrected chi connectivity index (χ4v) is 9.26. The summed E-state index contributed by atoms with van der Waals surface area (Å²) in [6, 6.07) is 82.0. The maximum absolute atomic E-state index is 5.26. The number of hydrogen-bond acceptors (Lipinski definition) is 2. The van der Waals surface area contributed by atoms with E-state index in [1.165, 1.54) is 54.8 Å². The first-order valence-corrected chi connectivity index (χ1v) is 21.1. The SMILES string of the molecule is c1ccc(-c2ccc(-c3cc(-c4ccccc4)nc(-c4cccc(-n5c6ccccc6c6c7c8ccccc8n(-c8cccc(-c9ccccc9)c8)c7ccc65)c4)n3)cc2)cc1. The van der Waals surface area contributed by atoms with E-state index in [-0.39, 0.29) is 0 Å². The predicted molar refractivity (Wildman–Crippen MR) is 258 cm³/mol. The number of nitrogens with zero attached hydrogens (tertiary/aromatic N) is 4. The van der Waals surface area contributed by atoms with Gasteiger partial charge in [0.2, 0.25) is 0 Å². The second kappa shape index (κ2) is 14.7. The van der Waals surface area contributed by atoms with Gasteiger partial charge >= 0.3 is 0 Å². The molecule has 3 heterocycles. The van der Waals surface area contributed by atoms with Crippen LogP contribution in [0.1, 0.15) is 0 Å². The van der Waals surface area contributed by atoms with Crippen LogP contribution in [0.4, 0.5) is 0 Å². The minimum atomic E-state index is 0.680. The lowest BCUT2D eigenvalue weighted by Gasteiger charge is -2.13. The Labute approximate surface area is 359 Å². The molecule has 0 spiro atoms. The summed E-state index contributed by atoms with van der Waals surface area (Å²) in [6.45, 7) is 0.